The minimum absolute atomic E-state index is 0.0868. The van der Waals surface area contributed by atoms with Crippen molar-refractivity contribution < 1.29 is 4.92 Å². The zero-order valence-corrected chi connectivity index (χ0v) is 12.3. The Bertz CT molecular complexity index is 608. The van der Waals surface area contributed by atoms with Gasteiger partial charge in [-0.2, -0.15) is 0 Å². The highest BCUT2D eigenvalue weighted by molar-refractivity contribution is 9.10. The second-order valence-electron chi connectivity index (χ2n) is 4.58. The Kier molecular flexibility index (Phi) is 3.99. The molecule has 0 unspecified atom stereocenters. The Balaban J connectivity index is 2.36. The third-order valence-electron chi connectivity index (χ3n) is 2.86. The summed E-state index contributed by atoms with van der Waals surface area (Å²) in [6, 6.07) is 5.07. The summed E-state index contributed by atoms with van der Waals surface area (Å²) in [4.78, 5) is 14.8. The average molecular weight is 324 g/mol. The van der Waals surface area contributed by atoms with Gasteiger partial charge in [-0.05, 0) is 21.5 Å². The van der Waals surface area contributed by atoms with Gasteiger partial charge in [0.05, 0.1) is 11.5 Å². The quantitative estimate of drug-likeness (QED) is 0.636. The van der Waals surface area contributed by atoms with Crippen molar-refractivity contribution in [1.82, 2.24) is 9.55 Å². The van der Waals surface area contributed by atoms with E-state index in [1.54, 1.807) is 12.3 Å². The zero-order valence-electron chi connectivity index (χ0n) is 10.7. The monoisotopic (exact) mass is 323 g/mol. The number of nitro benzene ring substituents is 1. The highest BCUT2D eigenvalue weighted by Gasteiger charge is 2.16. The van der Waals surface area contributed by atoms with E-state index in [0.29, 0.717) is 16.9 Å². The summed E-state index contributed by atoms with van der Waals surface area (Å²) in [5.41, 5.74) is 0.956. The Morgan fingerprint density at radius 3 is 2.84 bits per heavy atom. The first-order valence-corrected chi connectivity index (χ1v) is 6.72. The number of nitrogens with zero attached hydrogens (tertiary/aromatic N) is 3. The van der Waals surface area contributed by atoms with Gasteiger partial charge in [0.15, 0.2) is 0 Å². The number of imidazole rings is 1. The molecule has 1 aromatic carbocycles. The van der Waals surface area contributed by atoms with Crippen molar-refractivity contribution in [3.63, 3.8) is 0 Å². The van der Waals surface area contributed by atoms with Gasteiger partial charge in [-0.25, -0.2) is 4.98 Å². The van der Waals surface area contributed by atoms with Crippen molar-refractivity contribution in [2.24, 2.45) is 0 Å². The van der Waals surface area contributed by atoms with Crippen LogP contribution in [0.15, 0.2) is 35.1 Å². The molecule has 2 rings (SSSR count). The van der Waals surface area contributed by atoms with E-state index in [0.717, 1.165) is 11.4 Å². The van der Waals surface area contributed by atoms with Crippen LogP contribution in [0, 0.1) is 10.1 Å². The smallest absolute Gasteiger partial charge is 0.283 e. The number of benzene rings is 1. The van der Waals surface area contributed by atoms with Crippen molar-refractivity contribution >= 4 is 21.6 Å². The molecule has 0 spiro atoms. The highest BCUT2D eigenvalue weighted by atomic mass is 79.9. The molecule has 100 valence electrons. The maximum Gasteiger partial charge on any atom is 0.283 e. The van der Waals surface area contributed by atoms with E-state index in [1.165, 1.54) is 6.07 Å². The summed E-state index contributed by atoms with van der Waals surface area (Å²) in [6.45, 7) is 4.71. The van der Waals surface area contributed by atoms with Gasteiger partial charge in [0.2, 0.25) is 0 Å². The summed E-state index contributed by atoms with van der Waals surface area (Å²) < 4.78 is 2.54. The van der Waals surface area contributed by atoms with E-state index in [1.807, 2.05) is 16.8 Å². The van der Waals surface area contributed by atoms with Crippen molar-refractivity contribution in [3.8, 4) is 0 Å². The van der Waals surface area contributed by atoms with Crippen molar-refractivity contribution in [3.05, 3.63) is 56.6 Å². The summed E-state index contributed by atoms with van der Waals surface area (Å²) in [5, 5.41) is 10.9. The number of aromatic nitrogens is 2. The number of nitro groups is 1. The van der Waals surface area contributed by atoms with Gasteiger partial charge in [-0.15, -0.1) is 0 Å². The Hall–Kier alpha value is -1.69. The molecule has 2 aromatic rings. The molecule has 0 atom stereocenters. The molecule has 6 heteroatoms. The van der Waals surface area contributed by atoms with Crippen LogP contribution in [0.3, 0.4) is 0 Å². The Labute approximate surface area is 119 Å². The summed E-state index contributed by atoms with van der Waals surface area (Å²) in [7, 11) is 0. The molecule has 0 aliphatic rings. The van der Waals surface area contributed by atoms with E-state index in [-0.39, 0.29) is 10.6 Å². The lowest BCUT2D eigenvalue weighted by molar-refractivity contribution is -0.385. The molecule has 0 aliphatic carbocycles. The minimum atomic E-state index is -0.384. The fourth-order valence-electron chi connectivity index (χ4n) is 1.97. The Morgan fingerprint density at radius 1 is 1.47 bits per heavy atom. The highest BCUT2D eigenvalue weighted by Crippen LogP contribution is 2.29. The maximum atomic E-state index is 10.9. The van der Waals surface area contributed by atoms with Crippen LogP contribution in [0.25, 0.3) is 0 Å². The van der Waals surface area contributed by atoms with E-state index in [2.05, 4.69) is 34.8 Å². The van der Waals surface area contributed by atoms with Crippen molar-refractivity contribution in [2.75, 3.05) is 0 Å². The molecule has 0 fully saturated rings. The van der Waals surface area contributed by atoms with Gasteiger partial charge in [-0.3, -0.25) is 10.1 Å². The van der Waals surface area contributed by atoms with Gasteiger partial charge in [0, 0.05) is 24.4 Å². The first-order valence-electron chi connectivity index (χ1n) is 5.93. The summed E-state index contributed by atoms with van der Waals surface area (Å²) in [6.07, 6.45) is 3.64. The number of hydrogen-bond donors (Lipinski definition) is 0. The molecule has 0 saturated carbocycles. The van der Waals surface area contributed by atoms with Gasteiger partial charge in [0.25, 0.3) is 5.69 Å². The largest absolute Gasteiger partial charge is 0.330 e. The number of hydrogen-bond acceptors (Lipinski definition) is 3. The van der Waals surface area contributed by atoms with Crippen LogP contribution in [0.1, 0.15) is 31.2 Å². The summed E-state index contributed by atoms with van der Waals surface area (Å²) in [5.74, 6) is 1.28. The molecule has 0 radical (unpaired) electrons. The molecular formula is C13H14BrN3O2. The molecule has 0 aliphatic heterocycles. The standard InChI is InChI=1S/C13H14BrN3O2/c1-9(2)13-15-6-7-16(13)8-10-4-3-5-11(12(10)14)17(18)19/h3-7,9H,8H2,1-2H3. The van der Waals surface area contributed by atoms with Crippen LogP contribution >= 0.6 is 15.9 Å². The number of halogens is 1. The van der Waals surface area contributed by atoms with Crippen LogP contribution in [0.5, 0.6) is 0 Å². The van der Waals surface area contributed by atoms with Crippen LogP contribution in [-0.4, -0.2) is 14.5 Å². The van der Waals surface area contributed by atoms with Crippen molar-refractivity contribution in [1.29, 1.82) is 0 Å². The molecule has 0 bridgehead atoms. The SMILES string of the molecule is CC(C)c1nccn1Cc1cccc([N+](=O)[O-])c1Br. The van der Waals surface area contributed by atoms with E-state index < -0.39 is 0 Å². The van der Waals surface area contributed by atoms with Crippen LogP contribution in [0.4, 0.5) is 5.69 Å². The second-order valence-corrected chi connectivity index (χ2v) is 5.37. The maximum absolute atomic E-state index is 10.9. The first kappa shape index (κ1) is 13.7. The first-order chi connectivity index (χ1) is 9.00. The normalized spacial score (nSPS) is 10.9. The molecule has 5 nitrogen and oxygen atoms in total. The van der Waals surface area contributed by atoms with Crippen LogP contribution in [-0.2, 0) is 6.54 Å². The van der Waals surface area contributed by atoms with Gasteiger partial charge in [0.1, 0.15) is 10.3 Å². The predicted molar refractivity (Wildman–Crippen MR) is 76.2 cm³/mol. The molecule has 19 heavy (non-hydrogen) atoms. The van der Waals surface area contributed by atoms with E-state index in [9.17, 15) is 10.1 Å². The molecule has 1 aromatic heterocycles. The fraction of sp³-hybridized carbons (Fsp3) is 0.308. The third kappa shape index (κ3) is 2.84. The third-order valence-corrected chi connectivity index (χ3v) is 3.78. The number of rotatable bonds is 4. The minimum Gasteiger partial charge on any atom is -0.330 e. The van der Waals surface area contributed by atoms with Crippen LogP contribution in [0.2, 0.25) is 0 Å². The molecule has 0 N–H and O–H groups in total. The molecule has 0 amide bonds. The molecular weight excluding hydrogens is 310 g/mol. The topological polar surface area (TPSA) is 61.0 Å². The molecule has 0 saturated heterocycles. The average Bonchev–Trinajstić information content (AvgIpc) is 2.79. The fourth-order valence-corrected chi connectivity index (χ4v) is 2.50. The molecule has 1 heterocycles. The predicted octanol–water partition coefficient (Wildman–Crippen LogP) is 3.73. The Morgan fingerprint density at radius 2 is 2.21 bits per heavy atom. The van der Waals surface area contributed by atoms with E-state index >= 15 is 0 Å². The van der Waals surface area contributed by atoms with Crippen LogP contribution < -0.4 is 0 Å². The van der Waals surface area contributed by atoms with Gasteiger partial charge >= 0.3 is 0 Å². The zero-order chi connectivity index (χ0) is 14.0. The second kappa shape index (κ2) is 5.52. The van der Waals surface area contributed by atoms with Crippen molar-refractivity contribution in [2.45, 2.75) is 26.3 Å². The van der Waals surface area contributed by atoms with Gasteiger partial charge < -0.3 is 4.57 Å². The lowest BCUT2D eigenvalue weighted by Gasteiger charge is -2.11. The summed E-state index contributed by atoms with van der Waals surface area (Å²) >= 11 is 3.31. The van der Waals surface area contributed by atoms with Gasteiger partial charge in [-0.1, -0.05) is 26.0 Å². The van der Waals surface area contributed by atoms with E-state index in [4.69, 9.17) is 0 Å². The lowest BCUT2D eigenvalue weighted by atomic mass is 10.1. The lowest BCUT2D eigenvalue weighted by Crippen LogP contribution is -2.06.